The first-order valence-electron chi connectivity index (χ1n) is 0. The van der Waals surface area contributed by atoms with Crippen LogP contribution in [0.2, 0.25) is 0 Å². The summed E-state index contributed by atoms with van der Waals surface area (Å²) in [6, 6.07) is 0. The molecular formula is H2Al2Cl2MgO3+2. The Bertz CT molecular complexity index is 15.2. The maximum absolute atomic E-state index is 0. The third-order valence-corrected chi connectivity index (χ3v) is 0. The van der Waals surface area contributed by atoms with Crippen LogP contribution in [0.15, 0.2) is 0 Å². The normalized spacial score (nSPS) is 0. The van der Waals surface area contributed by atoms with E-state index in [2.05, 4.69) is 0 Å². The summed E-state index contributed by atoms with van der Waals surface area (Å²) in [5, 5.41) is 0. The van der Waals surface area contributed by atoms with E-state index in [0.717, 1.165) is 0 Å². The Morgan fingerprint density at radius 1 is 0.500 bits per heavy atom. The van der Waals surface area contributed by atoms with Crippen molar-refractivity contribution in [2.75, 3.05) is 0 Å². The Morgan fingerprint density at radius 2 is 0.500 bits per heavy atom. The van der Waals surface area contributed by atoms with Crippen molar-refractivity contribution in [3.05, 3.63) is 0 Å². The number of hydrogen-bond acceptors (Lipinski definition) is 0. The van der Waals surface area contributed by atoms with E-state index in [1.165, 1.54) is 0 Å². The summed E-state index contributed by atoms with van der Waals surface area (Å²) in [6.07, 6.45) is 0. The summed E-state index contributed by atoms with van der Waals surface area (Å²) in [4.78, 5) is 0. The van der Waals surface area contributed by atoms with Gasteiger partial charge in [0.15, 0.2) is 0 Å². The molecule has 0 saturated carbocycles. The van der Waals surface area contributed by atoms with Crippen molar-refractivity contribution in [1.82, 2.24) is 0 Å². The molecule has 0 aromatic heterocycles. The number of rotatable bonds is 0. The molecule has 0 aromatic carbocycles. The number of hydrogen-bond donors (Lipinski definition) is 0. The average molecular weight is 199 g/mol. The van der Waals surface area contributed by atoms with Crippen LogP contribution in [-0.4, -0.2) is 57.8 Å². The van der Waals surface area contributed by atoms with Gasteiger partial charge in [0.2, 0.25) is 0 Å². The maximum atomic E-state index is 0. The molecule has 0 rings (SSSR count). The molecule has 0 radical (unpaired) electrons. The Hall–Kier alpha value is 2.29. The molecule has 0 saturated heterocycles. The van der Waals surface area contributed by atoms with Crippen molar-refractivity contribution in [2.24, 2.45) is 0 Å². The first-order chi connectivity index (χ1) is 0. The Morgan fingerprint density at radius 3 is 0.500 bits per heavy atom. The van der Waals surface area contributed by atoms with Gasteiger partial charge in [-0.1, -0.05) is 0 Å². The summed E-state index contributed by atoms with van der Waals surface area (Å²) in [6.45, 7) is 0. The first kappa shape index (κ1) is 169. The monoisotopic (exact) mass is 198 g/mol. The van der Waals surface area contributed by atoms with Gasteiger partial charge in [-0.2, -0.15) is 0 Å². The van der Waals surface area contributed by atoms with Crippen LogP contribution < -0.4 is 0 Å². The van der Waals surface area contributed by atoms with Crippen molar-refractivity contribution >= 4 is 82.6 Å². The van der Waals surface area contributed by atoms with Gasteiger partial charge >= 0.3 is 57.8 Å². The van der Waals surface area contributed by atoms with Crippen molar-refractivity contribution < 1.29 is 16.4 Å². The van der Waals surface area contributed by atoms with E-state index >= 15 is 0 Å². The van der Waals surface area contributed by atoms with Gasteiger partial charge in [0.05, 0.1) is 0 Å². The molecule has 0 atom stereocenters. The van der Waals surface area contributed by atoms with Gasteiger partial charge in [-0.15, -0.1) is 24.8 Å². The molecule has 8 heavy (non-hydrogen) atoms. The number of halogens is 2. The fourth-order valence-electron chi connectivity index (χ4n) is 0. The van der Waals surface area contributed by atoms with Crippen molar-refractivity contribution in [3.63, 3.8) is 0 Å². The Kier molecular flexibility index (Phi) is 2570. The minimum atomic E-state index is 0. The minimum Gasteiger partial charge on any atom is -2.00 e. The zero-order valence-corrected chi connectivity index (χ0v) is 9.26. The minimum absolute atomic E-state index is 0. The molecule has 0 fully saturated rings. The maximum Gasteiger partial charge on any atom is 3.00 e. The topological polar surface area (TPSA) is 85.5 Å². The molecular weight excluding hydrogens is 197 g/mol. The second-order valence-electron chi connectivity index (χ2n) is 0. The molecule has 0 aliphatic heterocycles. The van der Waals surface area contributed by atoms with Crippen LogP contribution in [0.3, 0.4) is 0 Å². The molecule has 40 valence electrons. The summed E-state index contributed by atoms with van der Waals surface area (Å²) in [7, 11) is 0. The predicted molar refractivity (Wildman–Crippen MR) is 33.8 cm³/mol. The van der Waals surface area contributed by atoms with Crippen LogP contribution in [0.25, 0.3) is 0 Å². The fourth-order valence-corrected chi connectivity index (χ4v) is 0. The van der Waals surface area contributed by atoms with Crippen molar-refractivity contribution in [2.45, 2.75) is 0 Å². The quantitative estimate of drug-likeness (QED) is 0.464. The van der Waals surface area contributed by atoms with E-state index in [9.17, 15) is 0 Å². The molecule has 0 aliphatic carbocycles. The second kappa shape index (κ2) is 122. The zero-order chi connectivity index (χ0) is 0. The van der Waals surface area contributed by atoms with Gasteiger partial charge in [0, 0.05) is 0 Å². The molecule has 0 bridgehead atoms. The molecule has 3 nitrogen and oxygen atoms in total. The van der Waals surface area contributed by atoms with Gasteiger partial charge in [0.25, 0.3) is 0 Å². The van der Waals surface area contributed by atoms with E-state index in [1.54, 1.807) is 0 Å². The largest absolute Gasteiger partial charge is 3.00 e. The van der Waals surface area contributed by atoms with Crippen molar-refractivity contribution in [3.8, 4) is 0 Å². The second-order valence-corrected chi connectivity index (χ2v) is 0. The van der Waals surface area contributed by atoms with Crippen LogP contribution in [0.5, 0.6) is 0 Å². The third-order valence-electron chi connectivity index (χ3n) is 0. The fraction of sp³-hybridized carbons (Fsp3) is 0. The van der Waals surface area contributed by atoms with Gasteiger partial charge < -0.3 is 16.4 Å². The summed E-state index contributed by atoms with van der Waals surface area (Å²) in [5.74, 6) is 0. The van der Waals surface area contributed by atoms with Gasteiger partial charge in [-0.05, 0) is 0 Å². The Labute approximate surface area is 98.1 Å². The standard InChI is InChI=1S/2Al.2ClH.Mg.3O/h;;2*1H;;;;/q2*+3;;;+2;3*-2. The molecule has 0 heterocycles. The van der Waals surface area contributed by atoms with Crippen molar-refractivity contribution in [1.29, 1.82) is 0 Å². The van der Waals surface area contributed by atoms with E-state index in [1.807, 2.05) is 0 Å². The summed E-state index contributed by atoms with van der Waals surface area (Å²) in [5.41, 5.74) is 0. The van der Waals surface area contributed by atoms with E-state index in [-0.39, 0.29) is 99.0 Å². The first-order valence-corrected chi connectivity index (χ1v) is 0. The zero-order valence-electron chi connectivity index (χ0n) is 3.90. The third kappa shape index (κ3) is 84.0. The summed E-state index contributed by atoms with van der Waals surface area (Å²) < 4.78 is 0. The van der Waals surface area contributed by atoms with Crippen LogP contribution in [0.4, 0.5) is 0 Å². The molecule has 0 spiro atoms. The average Bonchev–Trinajstić information content (AvgIpc) is 0. The van der Waals surface area contributed by atoms with E-state index in [4.69, 9.17) is 0 Å². The van der Waals surface area contributed by atoms with E-state index < -0.39 is 0 Å². The molecule has 0 aromatic rings. The molecule has 0 unspecified atom stereocenters. The molecule has 0 aliphatic rings. The van der Waals surface area contributed by atoms with Crippen LogP contribution in [0.1, 0.15) is 0 Å². The molecule has 8 heteroatoms. The molecule has 0 N–H and O–H groups in total. The van der Waals surface area contributed by atoms with Crippen LogP contribution >= 0.6 is 24.8 Å². The molecule has 0 amide bonds. The van der Waals surface area contributed by atoms with Crippen LogP contribution in [-0.2, 0) is 16.4 Å². The van der Waals surface area contributed by atoms with Gasteiger partial charge in [-0.25, -0.2) is 0 Å². The van der Waals surface area contributed by atoms with Crippen LogP contribution in [0, 0.1) is 0 Å². The van der Waals surface area contributed by atoms with E-state index in [0.29, 0.717) is 0 Å². The van der Waals surface area contributed by atoms with Gasteiger partial charge in [0.1, 0.15) is 0 Å². The summed E-state index contributed by atoms with van der Waals surface area (Å²) >= 11 is 0. The SMILES string of the molecule is Cl.Cl.[Al+3].[Al+3].[Mg+2].[O-2].[O-2].[O-2]. The predicted octanol–water partition coefficient (Wildman–Crippen LogP) is -0.655. The Balaban J connectivity index is 0. The smallest absolute Gasteiger partial charge is 2.00 e. The van der Waals surface area contributed by atoms with Gasteiger partial charge in [-0.3, -0.25) is 0 Å².